The summed E-state index contributed by atoms with van der Waals surface area (Å²) in [7, 11) is 1.54. The number of alkyl halides is 3. The lowest BCUT2D eigenvalue weighted by Crippen LogP contribution is -2.32. The fourth-order valence-corrected chi connectivity index (χ4v) is 6.62. The molecule has 0 aliphatic carbocycles. The van der Waals surface area contributed by atoms with E-state index in [4.69, 9.17) is 27.9 Å². The van der Waals surface area contributed by atoms with Crippen LogP contribution < -0.4 is 10.3 Å². The van der Waals surface area contributed by atoms with Crippen LogP contribution in [0.5, 0.6) is 5.75 Å². The number of H-pyrrole nitrogens is 1. The van der Waals surface area contributed by atoms with Gasteiger partial charge in [-0.05, 0) is 52.9 Å². The van der Waals surface area contributed by atoms with Crippen molar-refractivity contribution in [2.75, 3.05) is 7.11 Å². The van der Waals surface area contributed by atoms with Gasteiger partial charge in [0.25, 0.3) is 11.5 Å². The number of carbonyl (C=O) groups excluding carboxylic acids is 1. The second-order valence-corrected chi connectivity index (χ2v) is 11.2. The minimum absolute atomic E-state index is 0.154. The van der Waals surface area contributed by atoms with Crippen LogP contribution in [0.1, 0.15) is 27.2 Å². The van der Waals surface area contributed by atoms with Crippen LogP contribution in [0.2, 0.25) is 10.0 Å². The molecule has 0 fully saturated rings. The summed E-state index contributed by atoms with van der Waals surface area (Å²) in [6.45, 7) is 0.323. The number of benzene rings is 2. The lowest BCUT2D eigenvalue weighted by atomic mass is 10.0. The fourth-order valence-electron chi connectivity index (χ4n) is 4.22. The van der Waals surface area contributed by atoms with Gasteiger partial charge in [-0.15, -0.1) is 11.3 Å². The number of thiophene rings is 1. The van der Waals surface area contributed by atoms with Gasteiger partial charge >= 0.3 is 6.18 Å². The fraction of sp³-hybridized carbons (Fsp3) is 0.154. The Morgan fingerprint density at radius 3 is 2.47 bits per heavy atom. The van der Waals surface area contributed by atoms with E-state index < -0.39 is 28.9 Å². The Balaban J connectivity index is 1.58. The van der Waals surface area contributed by atoms with Gasteiger partial charge in [0, 0.05) is 33.3 Å². The van der Waals surface area contributed by atoms with Gasteiger partial charge in [0.2, 0.25) is 0 Å². The number of rotatable bonds is 5. The number of ether oxygens (including phenoxy) is 1. The molecular weight excluding hydrogens is 580 g/mol. The zero-order chi connectivity index (χ0) is 27.2. The van der Waals surface area contributed by atoms with Crippen LogP contribution in [0.3, 0.4) is 0 Å². The molecule has 5 nitrogen and oxygen atoms in total. The largest absolute Gasteiger partial charge is 0.497 e. The van der Waals surface area contributed by atoms with Crippen LogP contribution in [0.4, 0.5) is 13.2 Å². The summed E-state index contributed by atoms with van der Waals surface area (Å²) in [6.07, 6.45) is -4.84. The number of hydrogen-bond acceptors (Lipinski definition) is 5. The monoisotopic (exact) mass is 596 g/mol. The first-order chi connectivity index (χ1) is 18.1. The van der Waals surface area contributed by atoms with Gasteiger partial charge < -0.3 is 14.6 Å². The molecule has 38 heavy (non-hydrogen) atoms. The molecule has 2 aromatic heterocycles. The van der Waals surface area contributed by atoms with E-state index in [0.29, 0.717) is 5.75 Å². The molecule has 3 heterocycles. The first-order valence-corrected chi connectivity index (χ1v) is 13.5. The van der Waals surface area contributed by atoms with E-state index in [-0.39, 0.29) is 32.9 Å². The highest BCUT2D eigenvalue weighted by Crippen LogP contribution is 2.42. The topological polar surface area (TPSA) is 62.4 Å². The summed E-state index contributed by atoms with van der Waals surface area (Å²) < 4.78 is 46.2. The smallest absolute Gasteiger partial charge is 0.431 e. The summed E-state index contributed by atoms with van der Waals surface area (Å²) in [5, 5.41) is 2.29. The van der Waals surface area contributed by atoms with Gasteiger partial charge in [0.05, 0.1) is 17.2 Å². The molecule has 0 saturated heterocycles. The molecule has 5 rings (SSSR count). The van der Waals surface area contributed by atoms with E-state index in [2.05, 4.69) is 0 Å². The van der Waals surface area contributed by atoms with E-state index in [0.717, 1.165) is 39.4 Å². The number of pyridine rings is 1. The number of aromatic amines is 1. The Morgan fingerprint density at radius 1 is 1.11 bits per heavy atom. The van der Waals surface area contributed by atoms with Gasteiger partial charge in [-0.3, -0.25) is 9.59 Å². The van der Waals surface area contributed by atoms with Crippen LogP contribution in [0.15, 0.2) is 68.5 Å². The van der Waals surface area contributed by atoms with Crippen molar-refractivity contribution >= 4 is 52.2 Å². The molecule has 1 N–H and O–H groups in total. The summed E-state index contributed by atoms with van der Waals surface area (Å²) in [4.78, 5) is 31.0. The van der Waals surface area contributed by atoms with Crippen molar-refractivity contribution in [1.29, 1.82) is 0 Å². The highest BCUT2D eigenvalue weighted by atomic mass is 35.5. The first kappa shape index (κ1) is 26.7. The Bertz CT molecular complexity index is 1580. The molecule has 0 unspecified atom stereocenters. The zero-order valence-corrected chi connectivity index (χ0v) is 22.6. The van der Waals surface area contributed by atoms with Crippen molar-refractivity contribution in [3.05, 3.63) is 96.7 Å². The Kier molecular flexibility index (Phi) is 7.25. The molecule has 0 atom stereocenters. The second-order valence-electron chi connectivity index (χ2n) is 8.35. The molecular formula is C26H17Cl2F3N2O3S2. The van der Waals surface area contributed by atoms with Crippen molar-refractivity contribution in [3.8, 4) is 16.2 Å². The second kappa shape index (κ2) is 10.3. The minimum atomic E-state index is -4.84. The molecule has 0 spiro atoms. The number of carbonyl (C=O) groups is 1. The third-order valence-corrected chi connectivity index (χ3v) is 8.93. The normalized spacial score (nSPS) is 13.1. The van der Waals surface area contributed by atoms with Crippen LogP contribution in [-0.2, 0) is 19.3 Å². The molecule has 0 saturated carbocycles. The number of fused-ring (bicyclic) bond motifs is 1. The quantitative estimate of drug-likeness (QED) is 0.256. The molecule has 1 aliphatic heterocycles. The van der Waals surface area contributed by atoms with E-state index >= 15 is 0 Å². The Morgan fingerprint density at radius 2 is 1.84 bits per heavy atom. The van der Waals surface area contributed by atoms with E-state index in [1.165, 1.54) is 28.4 Å². The minimum Gasteiger partial charge on any atom is -0.497 e. The zero-order valence-electron chi connectivity index (χ0n) is 19.5. The van der Waals surface area contributed by atoms with Crippen molar-refractivity contribution in [2.45, 2.75) is 29.1 Å². The standard InChI is InChI=1S/C26H17Cl2F3N2O3S2/c1-36-14-8-13-11-33(12-16(13)15(9-14)19-6-3-7-37-19)25(35)22-20(10-21(26(29,30)31)32-24(22)34)38-23-17(27)4-2-5-18(23)28/h2-10H,11-12H2,1H3,(H,32,34). The summed E-state index contributed by atoms with van der Waals surface area (Å²) in [6, 6.07) is 12.9. The van der Waals surface area contributed by atoms with Crippen molar-refractivity contribution in [2.24, 2.45) is 0 Å². The van der Waals surface area contributed by atoms with Crippen molar-refractivity contribution in [3.63, 3.8) is 0 Å². The van der Waals surface area contributed by atoms with Gasteiger partial charge in [-0.1, -0.05) is 47.1 Å². The SMILES string of the molecule is COc1cc2c(c(-c3cccs3)c1)CN(C(=O)c1c(Sc3c(Cl)cccc3Cl)cc(C(F)(F)F)[nH]c1=O)C2. The summed E-state index contributed by atoms with van der Waals surface area (Å²) in [5.74, 6) is -0.101. The lowest BCUT2D eigenvalue weighted by molar-refractivity contribution is -0.141. The molecule has 0 radical (unpaired) electrons. The molecule has 196 valence electrons. The summed E-state index contributed by atoms with van der Waals surface area (Å²) >= 11 is 14.8. The third-order valence-electron chi connectivity index (χ3n) is 5.98. The molecule has 1 amide bonds. The number of hydrogen-bond donors (Lipinski definition) is 1. The van der Waals surface area contributed by atoms with Crippen molar-refractivity contribution in [1.82, 2.24) is 9.88 Å². The number of nitrogens with zero attached hydrogens (tertiary/aromatic N) is 1. The van der Waals surface area contributed by atoms with Gasteiger partial charge in [-0.25, -0.2) is 0 Å². The van der Waals surface area contributed by atoms with E-state index in [1.807, 2.05) is 34.6 Å². The maximum absolute atomic E-state index is 13.7. The number of methoxy groups -OCH3 is 1. The summed E-state index contributed by atoms with van der Waals surface area (Å²) in [5.41, 5.74) is -0.248. The van der Waals surface area contributed by atoms with Crippen molar-refractivity contribution < 1.29 is 22.7 Å². The molecule has 2 aromatic carbocycles. The Labute approximate surface area is 233 Å². The van der Waals surface area contributed by atoms with Crippen LogP contribution in [-0.4, -0.2) is 22.9 Å². The van der Waals surface area contributed by atoms with E-state index in [1.54, 1.807) is 13.2 Å². The number of aromatic nitrogens is 1. The predicted molar refractivity (Wildman–Crippen MR) is 143 cm³/mol. The average molecular weight is 597 g/mol. The van der Waals surface area contributed by atoms with Gasteiger partial charge in [0.1, 0.15) is 17.0 Å². The number of nitrogens with one attached hydrogen (secondary N) is 1. The van der Waals surface area contributed by atoms with E-state index in [9.17, 15) is 22.8 Å². The van der Waals surface area contributed by atoms with Gasteiger partial charge in [-0.2, -0.15) is 13.2 Å². The maximum Gasteiger partial charge on any atom is 0.431 e. The molecule has 0 bridgehead atoms. The van der Waals surface area contributed by atoms with Crippen LogP contribution >= 0.6 is 46.3 Å². The average Bonchev–Trinajstić information content (AvgIpc) is 3.55. The molecule has 4 aromatic rings. The predicted octanol–water partition coefficient (Wildman–Crippen LogP) is 7.74. The highest BCUT2D eigenvalue weighted by molar-refractivity contribution is 7.99. The van der Waals surface area contributed by atoms with Gasteiger partial charge in [0.15, 0.2) is 0 Å². The van der Waals surface area contributed by atoms with Crippen LogP contribution in [0.25, 0.3) is 10.4 Å². The third kappa shape index (κ3) is 5.05. The maximum atomic E-state index is 13.7. The first-order valence-electron chi connectivity index (χ1n) is 11.1. The lowest BCUT2D eigenvalue weighted by Gasteiger charge is -2.19. The Hall–Kier alpha value is -2.92. The molecule has 12 heteroatoms. The highest BCUT2D eigenvalue weighted by Gasteiger charge is 2.36. The molecule has 1 aliphatic rings. The number of amides is 1. The van der Waals surface area contributed by atoms with Crippen LogP contribution in [0, 0.1) is 0 Å². The number of halogens is 5.